The Labute approximate surface area is 160 Å². The summed E-state index contributed by atoms with van der Waals surface area (Å²) in [6.45, 7) is 4.84. The van der Waals surface area contributed by atoms with E-state index in [4.69, 9.17) is 14.5 Å². The standard InChI is InChI=1S/C20H41O5P/c1-3-5-6-7-8-9-10-11-12-13-14-15-16-17-20(24-4-2)18-19-25-26(21,22)23/h11-12,20H,3-10,13-19H2,1-2H3,(H2,21,22,23)/b12-11-. The minimum atomic E-state index is -4.36. The second-order valence-electron chi connectivity index (χ2n) is 6.86. The Balaban J connectivity index is 3.54. The topological polar surface area (TPSA) is 76.0 Å². The van der Waals surface area contributed by atoms with Gasteiger partial charge in [0.05, 0.1) is 12.7 Å². The first-order valence-electron chi connectivity index (χ1n) is 10.5. The van der Waals surface area contributed by atoms with Crippen LogP contribution in [0.3, 0.4) is 0 Å². The Bertz CT molecular complexity index is 367. The number of ether oxygens (including phenoxy) is 1. The minimum absolute atomic E-state index is 0.0230. The molecule has 0 aliphatic rings. The lowest BCUT2D eigenvalue weighted by molar-refractivity contribution is 0.0361. The fourth-order valence-corrected chi connectivity index (χ4v) is 3.28. The summed E-state index contributed by atoms with van der Waals surface area (Å²) in [5.41, 5.74) is 0. The van der Waals surface area contributed by atoms with E-state index in [1.807, 2.05) is 6.92 Å². The zero-order valence-electron chi connectivity index (χ0n) is 16.9. The van der Waals surface area contributed by atoms with Gasteiger partial charge in [-0.3, -0.25) is 4.52 Å². The van der Waals surface area contributed by atoms with Crippen molar-refractivity contribution in [1.29, 1.82) is 0 Å². The highest BCUT2D eigenvalue weighted by Crippen LogP contribution is 2.35. The fraction of sp³-hybridized carbons (Fsp3) is 0.900. The van der Waals surface area contributed by atoms with Gasteiger partial charge in [-0.2, -0.15) is 0 Å². The van der Waals surface area contributed by atoms with Gasteiger partial charge in [0, 0.05) is 6.61 Å². The molecule has 0 bridgehead atoms. The molecule has 5 nitrogen and oxygen atoms in total. The first-order valence-corrected chi connectivity index (χ1v) is 12.0. The van der Waals surface area contributed by atoms with E-state index in [2.05, 4.69) is 23.6 Å². The fourth-order valence-electron chi connectivity index (χ4n) is 2.94. The van der Waals surface area contributed by atoms with Gasteiger partial charge in [-0.15, -0.1) is 0 Å². The van der Waals surface area contributed by atoms with Crippen molar-refractivity contribution in [1.82, 2.24) is 0 Å². The smallest absolute Gasteiger partial charge is 0.378 e. The molecule has 0 aliphatic carbocycles. The summed E-state index contributed by atoms with van der Waals surface area (Å²) in [4.78, 5) is 17.4. The zero-order chi connectivity index (χ0) is 19.5. The second kappa shape index (κ2) is 18.2. The van der Waals surface area contributed by atoms with E-state index in [0.29, 0.717) is 13.0 Å². The third-order valence-electron chi connectivity index (χ3n) is 4.39. The number of rotatable bonds is 19. The molecule has 0 radical (unpaired) electrons. The highest BCUT2D eigenvalue weighted by molar-refractivity contribution is 7.46. The Morgan fingerprint density at radius 2 is 1.42 bits per heavy atom. The summed E-state index contributed by atoms with van der Waals surface area (Å²) < 4.78 is 20.8. The molecule has 0 fully saturated rings. The molecule has 0 aromatic carbocycles. The van der Waals surface area contributed by atoms with E-state index >= 15 is 0 Å². The van der Waals surface area contributed by atoms with Crippen molar-refractivity contribution >= 4 is 7.82 Å². The summed E-state index contributed by atoms with van der Waals surface area (Å²) in [7, 11) is -4.36. The molecule has 1 atom stereocenters. The summed E-state index contributed by atoms with van der Waals surface area (Å²) in [6.07, 6.45) is 20.0. The predicted octanol–water partition coefficient (Wildman–Crippen LogP) is 6.15. The zero-order valence-corrected chi connectivity index (χ0v) is 17.8. The van der Waals surface area contributed by atoms with Crippen molar-refractivity contribution in [3.63, 3.8) is 0 Å². The first-order chi connectivity index (χ1) is 12.5. The molecule has 0 saturated carbocycles. The number of phosphoric acid groups is 1. The maximum atomic E-state index is 10.7. The van der Waals surface area contributed by atoms with Gasteiger partial charge in [0.1, 0.15) is 0 Å². The lowest BCUT2D eigenvalue weighted by atomic mass is 10.1. The normalized spacial score (nSPS) is 13.5. The minimum Gasteiger partial charge on any atom is -0.378 e. The summed E-state index contributed by atoms with van der Waals surface area (Å²) >= 11 is 0. The van der Waals surface area contributed by atoms with Crippen LogP contribution in [0.25, 0.3) is 0 Å². The lowest BCUT2D eigenvalue weighted by Gasteiger charge is -2.17. The van der Waals surface area contributed by atoms with Gasteiger partial charge in [-0.05, 0) is 45.4 Å². The van der Waals surface area contributed by atoms with Crippen LogP contribution in [-0.2, 0) is 13.8 Å². The summed E-state index contributed by atoms with van der Waals surface area (Å²) in [6, 6.07) is 0. The van der Waals surface area contributed by atoms with Gasteiger partial charge in [-0.25, -0.2) is 4.57 Å². The average molecular weight is 393 g/mol. The van der Waals surface area contributed by atoms with Gasteiger partial charge in [0.2, 0.25) is 0 Å². The van der Waals surface area contributed by atoms with Gasteiger partial charge >= 0.3 is 7.82 Å². The number of unbranched alkanes of at least 4 members (excludes halogenated alkanes) is 9. The van der Waals surface area contributed by atoms with E-state index in [-0.39, 0.29) is 12.7 Å². The predicted molar refractivity (Wildman–Crippen MR) is 108 cm³/mol. The SMILES string of the molecule is CCCCCCCC/C=C\CCCCCC(CCOP(=O)(O)O)OCC. The van der Waals surface area contributed by atoms with Crippen LogP contribution in [0.1, 0.15) is 97.3 Å². The van der Waals surface area contributed by atoms with Crippen molar-refractivity contribution < 1.29 is 23.6 Å². The molecule has 6 heteroatoms. The number of allylic oxidation sites excluding steroid dienone is 2. The average Bonchev–Trinajstić information content (AvgIpc) is 2.58. The van der Waals surface area contributed by atoms with Crippen molar-refractivity contribution in [3.05, 3.63) is 12.2 Å². The molecule has 0 saturated heterocycles. The Morgan fingerprint density at radius 3 is 2.00 bits per heavy atom. The quantitative estimate of drug-likeness (QED) is 0.157. The van der Waals surface area contributed by atoms with Crippen LogP contribution >= 0.6 is 7.82 Å². The molecule has 2 N–H and O–H groups in total. The molecule has 26 heavy (non-hydrogen) atoms. The Kier molecular flexibility index (Phi) is 18.1. The van der Waals surface area contributed by atoms with Crippen LogP contribution in [0, 0.1) is 0 Å². The third-order valence-corrected chi connectivity index (χ3v) is 4.91. The van der Waals surface area contributed by atoms with Gasteiger partial charge in [0.15, 0.2) is 0 Å². The summed E-state index contributed by atoms with van der Waals surface area (Å²) in [5.74, 6) is 0. The lowest BCUT2D eigenvalue weighted by Crippen LogP contribution is -2.15. The number of hydrogen-bond acceptors (Lipinski definition) is 3. The maximum Gasteiger partial charge on any atom is 0.469 e. The van der Waals surface area contributed by atoms with Crippen molar-refractivity contribution in [2.24, 2.45) is 0 Å². The monoisotopic (exact) mass is 392 g/mol. The third kappa shape index (κ3) is 20.1. The molecular weight excluding hydrogens is 351 g/mol. The molecule has 0 heterocycles. The highest BCUT2D eigenvalue weighted by atomic mass is 31.2. The van der Waals surface area contributed by atoms with Gasteiger partial charge in [-0.1, -0.05) is 64.0 Å². The van der Waals surface area contributed by atoms with Gasteiger partial charge < -0.3 is 14.5 Å². The van der Waals surface area contributed by atoms with Crippen LogP contribution in [-0.4, -0.2) is 29.1 Å². The first kappa shape index (κ1) is 25.8. The van der Waals surface area contributed by atoms with Crippen LogP contribution in [0.4, 0.5) is 0 Å². The molecule has 0 amide bonds. The molecule has 1 unspecified atom stereocenters. The second-order valence-corrected chi connectivity index (χ2v) is 8.10. The number of phosphoric ester groups is 1. The molecule has 156 valence electrons. The maximum absolute atomic E-state index is 10.7. The van der Waals surface area contributed by atoms with E-state index in [1.54, 1.807) is 0 Å². The Hall–Kier alpha value is -0.190. The van der Waals surface area contributed by atoms with Crippen LogP contribution < -0.4 is 0 Å². The Morgan fingerprint density at radius 1 is 0.846 bits per heavy atom. The molecule has 0 aliphatic heterocycles. The molecular formula is C20H41O5P. The van der Waals surface area contributed by atoms with Crippen LogP contribution in [0.15, 0.2) is 12.2 Å². The molecule has 0 aromatic heterocycles. The van der Waals surface area contributed by atoms with E-state index in [9.17, 15) is 4.57 Å². The van der Waals surface area contributed by atoms with Crippen molar-refractivity contribution in [2.45, 2.75) is 103 Å². The van der Waals surface area contributed by atoms with Crippen molar-refractivity contribution in [3.8, 4) is 0 Å². The van der Waals surface area contributed by atoms with Crippen molar-refractivity contribution in [2.75, 3.05) is 13.2 Å². The van der Waals surface area contributed by atoms with E-state index < -0.39 is 7.82 Å². The van der Waals surface area contributed by atoms with Crippen LogP contribution in [0.2, 0.25) is 0 Å². The molecule has 0 spiro atoms. The number of hydrogen-bond donors (Lipinski definition) is 2. The largest absolute Gasteiger partial charge is 0.469 e. The highest BCUT2D eigenvalue weighted by Gasteiger charge is 2.15. The van der Waals surface area contributed by atoms with E-state index in [0.717, 1.165) is 25.7 Å². The summed E-state index contributed by atoms with van der Waals surface area (Å²) in [5, 5.41) is 0. The molecule has 0 aromatic rings. The molecule has 0 rings (SSSR count). The van der Waals surface area contributed by atoms with Crippen LogP contribution in [0.5, 0.6) is 0 Å². The van der Waals surface area contributed by atoms with E-state index in [1.165, 1.54) is 51.4 Å². The van der Waals surface area contributed by atoms with Gasteiger partial charge in [0.25, 0.3) is 0 Å².